The first kappa shape index (κ1) is 8.43. The molecular weight excluding hydrogens is 164 g/mol. The maximum atomic E-state index is 11.2. The van der Waals surface area contributed by atoms with E-state index in [1.165, 1.54) is 0 Å². The first-order valence-electron chi connectivity index (χ1n) is 3.49. The summed E-state index contributed by atoms with van der Waals surface area (Å²) >= 11 is 0. The molecule has 0 radical (unpaired) electrons. The molecule has 1 amide bonds. The highest BCUT2D eigenvalue weighted by molar-refractivity contribution is 8.10. The topological polar surface area (TPSA) is 20.3 Å². The molecule has 1 rings (SSSR count). The monoisotopic (exact) mass is 177 g/mol. The van der Waals surface area contributed by atoms with E-state index in [1.807, 2.05) is 11.6 Å². The Morgan fingerprint density at radius 1 is 1.70 bits per heavy atom. The van der Waals surface area contributed by atoms with E-state index in [0.717, 1.165) is 29.7 Å². The zero-order valence-electron chi connectivity index (χ0n) is 6.35. The van der Waals surface area contributed by atoms with Crippen LogP contribution in [0, 0.1) is 5.92 Å². The molecule has 0 aromatic carbocycles. The molecule has 1 aliphatic rings. The highest BCUT2D eigenvalue weighted by Gasteiger charge is 2.26. The molecule has 1 heterocycles. The third-order valence-electron chi connectivity index (χ3n) is 1.72. The second-order valence-electron chi connectivity index (χ2n) is 2.54. The number of rotatable bonds is 2. The van der Waals surface area contributed by atoms with Crippen LogP contribution in [0.3, 0.4) is 0 Å². The molecule has 58 valence electrons. The number of amides is 1. The summed E-state index contributed by atoms with van der Waals surface area (Å²) in [4.78, 5) is 11.2. The molecule has 2 nitrogen and oxygen atoms in total. The van der Waals surface area contributed by atoms with Crippen molar-refractivity contribution in [2.24, 2.45) is 5.92 Å². The Balaban J connectivity index is 2.41. The standard InChI is InChI=1S/C6H13NOP2/c1-5-3-4-7(6(5)8)10-9-2/h5,9-10H,3-4H2,1-2H3. The fourth-order valence-corrected chi connectivity index (χ4v) is 3.39. The molecule has 0 bridgehead atoms. The summed E-state index contributed by atoms with van der Waals surface area (Å²) in [5.41, 5.74) is 0. The molecule has 1 aliphatic heterocycles. The van der Waals surface area contributed by atoms with E-state index in [0.29, 0.717) is 11.8 Å². The molecule has 0 aromatic rings. The lowest BCUT2D eigenvalue weighted by atomic mass is 10.1. The van der Waals surface area contributed by atoms with Crippen LogP contribution in [0.4, 0.5) is 0 Å². The molecule has 0 N–H and O–H groups in total. The average molecular weight is 177 g/mol. The number of carbonyl (C=O) groups is 1. The number of nitrogens with zero attached hydrogens (tertiary/aromatic N) is 1. The lowest BCUT2D eigenvalue weighted by Gasteiger charge is -2.13. The summed E-state index contributed by atoms with van der Waals surface area (Å²) < 4.78 is 2.00. The molecule has 3 atom stereocenters. The quantitative estimate of drug-likeness (QED) is 0.587. The first-order valence-corrected chi connectivity index (χ1v) is 6.94. The van der Waals surface area contributed by atoms with E-state index in [-0.39, 0.29) is 0 Å². The molecule has 10 heavy (non-hydrogen) atoms. The lowest BCUT2D eigenvalue weighted by Crippen LogP contribution is -2.16. The Morgan fingerprint density at radius 3 is 2.80 bits per heavy atom. The molecule has 0 saturated carbocycles. The Labute approximate surface area is 65.3 Å². The van der Waals surface area contributed by atoms with Gasteiger partial charge in [-0.25, -0.2) is 0 Å². The smallest absolute Gasteiger partial charge is 0.228 e. The largest absolute Gasteiger partial charge is 0.321 e. The molecular formula is C6H13NOP2. The zero-order chi connectivity index (χ0) is 7.56. The average Bonchev–Trinajstić information content (AvgIpc) is 2.20. The second kappa shape index (κ2) is 3.64. The zero-order valence-corrected chi connectivity index (χ0v) is 8.35. The van der Waals surface area contributed by atoms with Gasteiger partial charge in [0.1, 0.15) is 0 Å². The van der Waals surface area contributed by atoms with Gasteiger partial charge >= 0.3 is 0 Å². The lowest BCUT2D eigenvalue weighted by molar-refractivity contribution is -0.126. The van der Waals surface area contributed by atoms with Crippen molar-refractivity contribution in [3.05, 3.63) is 0 Å². The number of carbonyl (C=O) groups excluding carboxylic acids is 1. The molecule has 3 unspecified atom stereocenters. The summed E-state index contributed by atoms with van der Waals surface area (Å²) in [7, 11) is 1.65. The molecule has 0 spiro atoms. The summed E-state index contributed by atoms with van der Waals surface area (Å²) in [5.74, 6) is 0.663. The van der Waals surface area contributed by atoms with Crippen LogP contribution in [-0.2, 0) is 4.79 Å². The van der Waals surface area contributed by atoms with Crippen LogP contribution in [0.15, 0.2) is 0 Å². The molecule has 1 fully saturated rings. The predicted molar refractivity (Wildman–Crippen MR) is 48.0 cm³/mol. The van der Waals surface area contributed by atoms with E-state index in [9.17, 15) is 4.79 Å². The van der Waals surface area contributed by atoms with Crippen molar-refractivity contribution >= 4 is 22.6 Å². The predicted octanol–water partition coefficient (Wildman–Crippen LogP) is 1.67. The Bertz CT molecular complexity index is 138. The maximum absolute atomic E-state index is 11.2. The molecule has 1 saturated heterocycles. The van der Waals surface area contributed by atoms with Gasteiger partial charge in [0.25, 0.3) is 0 Å². The van der Waals surface area contributed by atoms with Gasteiger partial charge in [-0.3, -0.25) is 4.79 Å². The number of hydrogen-bond acceptors (Lipinski definition) is 1. The fraction of sp³-hybridized carbons (Fsp3) is 0.833. The van der Waals surface area contributed by atoms with Crippen molar-refractivity contribution in [2.75, 3.05) is 13.2 Å². The van der Waals surface area contributed by atoms with Crippen LogP contribution in [0.2, 0.25) is 0 Å². The minimum absolute atomic E-state index is 0.295. The molecule has 4 heteroatoms. The third-order valence-corrected chi connectivity index (χ3v) is 4.14. The van der Waals surface area contributed by atoms with Gasteiger partial charge in [-0.05, 0) is 13.1 Å². The van der Waals surface area contributed by atoms with Crippen molar-refractivity contribution in [1.82, 2.24) is 4.67 Å². The van der Waals surface area contributed by atoms with Crippen LogP contribution < -0.4 is 0 Å². The van der Waals surface area contributed by atoms with E-state index in [2.05, 4.69) is 6.66 Å². The summed E-state index contributed by atoms with van der Waals surface area (Å²) in [6.45, 7) is 5.17. The summed E-state index contributed by atoms with van der Waals surface area (Å²) in [6.07, 6.45) is 1.07. The SMILES string of the molecule is CPPN1CCC(C)C1=O. The van der Waals surface area contributed by atoms with E-state index < -0.39 is 0 Å². The van der Waals surface area contributed by atoms with Crippen molar-refractivity contribution in [2.45, 2.75) is 13.3 Å². The Hall–Kier alpha value is 0.330. The van der Waals surface area contributed by atoms with Gasteiger partial charge in [0.15, 0.2) is 0 Å². The summed E-state index contributed by atoms with van der Waals surface area (Å²) in [6, 6.07) is 0. The molecule has 0 aromatic heterocycles. The van der Waals surface area contributed by atoms with Crippen LogP contribution in [0.1, 0.15) is 13.3 Å². The van der Waals surface area contributed by atoms with Crippen LogP contribution in [0.25, 0.3) is 0 Å². The van der Waals surface area contributed by atoms with Gasteiger partial charge in [-0.15, -0.1) is 0 Å². The summed E-state index contributed by atoms with van der Waals surface area (Å²) in [5, 5.41) is 0. The van der Waals surface area contributed by atoms with E-state index >= 15 is 0 Å². The third kappa shape index (κ3) is 1.68. The fourth-order valence-electron chi connectivity index (χ4n) is 1.07. The second-order valence-corrected chi connectivity index (χ2v) is 5.98. The molecule has 0 aliphatic carbocycles. The van der Waals surface area contributed by atoms with Gasteiger partial charge < -0.3 is 4.67 Å². The van der Waals surface area contributed by atoms with Crippen molar-refractivity contribution in [3.8, 4) is 0 Å². The minimum Gasteiger partial charge on any atom is -0.321 e. The minimum atomic E-state index is 0.295. The van der Waals surface area contributed by atoms with E-state index in [1.54, 1.807) is 0 Å². The van der Waals surface area contributed by atoms with Crippen molar-refractivity contribution < 1.29 is 4.79 Å². The van der Waals surface area contributed by atoms with Gasteiger partial charge in [-0.2, -0.15) is 0 Å². The van der Waals surface area contributed by atoms with Crippen molar-refractivity contribution in [3.63, 3.8) is 0 Å². The van der Waals surface area contributed by atoms with Gasteiger partial charge in [0, 0.05) is 20.9 Å². The highest BCUT2D eigenvalue weighted by Crippen LogP contribution is 2.40. The van der Waals surface area contributed by atoms with Crippen LogP contribution >= 0.6 is 16.7 Å². The van der Waals surface area contributed by atoms with Gasteiger partial charge in [0.2, 0.25) is 5.91 Å². The Kier molecular flexibility index (Phi) is 3.07. The van der Waals surface area contributed by atoms with Crippen LogP contribution in [-0.4, -0.2) is 23.8 Å². The van der Waals surface area contributed by atoms with E-state index in [4.69, 9.17) is 0 Å². The normalized spacial score (nSPS) is 28.4. The highest BCUT2D eigenvalue weighted by atomic mass is 32.0. The maximum Gasteiger partial charge on any atom is 0.228 e. The Morgan fingerprint density at radius 2 is 2.40 bits per heavy atom. The number of hydrogen-bond donors (Lipinski definition) is 0. The van der Waals surface area contributed by atoms with Crippen molar-refractivity contribution in [1.29, 1.82) is 0 Å². The van der Waals surface area contributed by atoms with Gasteiger partial charge in [0.05, 0.1) is 0 Å². The first-order chi connectivity index (χ1) is 4.75. The van der Waals surface area contributed by atoms with Gasteiger partial charge in [-0.1, -0.05) is 15.2 Å². The van der Waals surface area contributed by atoms with Crippen LogP contribution in [0.5, 0.6) is 0 Å².